The van der Waals surface area contributed by atoms with Crippen molar-refractivity contribution in [3.8, 4) is 0 Å². The topological polar surface area (TPSA) is 66.6 Å². The first kappa shape index (κ1) is 15.5. The standard InChI is InChI=1S/C12H15F3N2O2/c13-12(14,15)8-17(4-5-18)7-9-2-1-3-10(6-9)11(16)19/h1-3,6,18H,4-5,7-8H2,(H2,16,19). The smallest absolute Gasteiger partial charge is 0.395 e. The van der Waals surface area contributed by atoms with Crippen molar-refractivity contribution >= 4 is 5.91 Å². The number of nitrogens with two attached hydrogens (primary N) is 1. The molecule has 0 aliphatic heterocycles. The summed E-state index contributed by atoms with van der Waals surface area (Å²) in [7, 11) is 0. The summed E-state index contributed by atoms with van der Waals surface area (Å²) in [4.78, 5) is 12.0. The van der Waals surface area contributed by atoms with E-state index in [1.165, 1.54) is 12.1 Å². The van der Waals surface area contributed by atoms with Gasteiger partial charge in [-0.3, -0.25) is 9.69 Å². The maximum Gasteiger partial charge on any atom is 0.401 e. The lowest BCUT2D eigenvalue weighted by Crippen LogP contribution is -2.35. The maximum absolute atomic E-state index is 12.3. The number of aliphatic hydroxyl groups excluding tert-OH is 1. The van der Waals surface area contributed by atoms with Crippen LogP contribution in [-0.4, -0.2) is 41.8 Å². The summed E-state index contributed by atoms with van der Waals surface area (Å²) >= 11 is 0. The monoisotopic (exact) mass is 276 g/mol. The number of nitrogens with zero attached hydrogens (tertiary/aromatic N) is 1. The third kappa shape index (κ3) is 5.71. The Morgan fingerprint density at radius 3 is 2.58 bits per heavy atom. The molecule has 0 fully saturated rings. The molecule has 0 radical (unpaired) electrons. The molecule has 1 aromatic carbocycles. The van der Waals surface area contributed by atoms with E-state index in [0.717, 1.165) is 4.90 Å². The third-order valence-corrected chi connectivity index (χ3v) is 2.44. The molecule has 3 N–H and O–H groups in total. The second-order valence-electron chi connectivity index (χ2n) is 4.11. The summed E-state index contributed by atoms with van der Waals surface area (Å²) < 4.78 is 37.0. The van der Waals surface area contributed by atoms with Crippen molar-refractivity contribution in [2.24, 2.45) is 5.73 Å². The second-order valence-corrected chi connectivity index (χ2v) is 4.11. The van der Waals surface area contributed by atoms with E-state index < -0.39 is 18.6 Å². The maximum atomic E-state index is 12.3. The number of carbonyl (C=O) groups excluding carboxylic acids is 1. The first-order valence-corrected chi connectivity index (χ1v) is 5.60. The molecule has 0 aliphatic carbocycles. The van der Waals surface area contributed by atoms with Crippen LogP contribution in [0.1, 0.15) is 15.9 Å². The quantitative estimate of drug-likeness (QED) is 0.819. The van der Waals surface area contributed by atoms with E-state index in [9.17, 15) is 18.0 Å². The minimum absolute atomic E-state index is 0.0127. The zero-order valence-corrected chi connectivity index (χ0v) is 10.2. The van der Waals surface area contributed by atoms with Gasteiger partial charge >= 0.3 is 6.18 Å². The number of alkyl halides is 3. The molecule has 0 atom stereocenters. The van der Waals surface area contributed by atoms with Crippen LogP contribution in [0, 0.1) is 0 Å². The Labute approximate surface area is 108 Å². The minimum Gasteiger partial charge on any atom is -0.395 e. The van der Waals surface area contributed by atoms with Crippen molar-refractivity contribution in [2.75, 3.05) is 19.7 Å². The molecule has 1 amide bonds. The summed E-state index contributed by atoms with van der Waals surface area (Å²) in [6.07, 6.45) is -4.34. The molecule has 7 heteroatoms. The zero-order valence-electron chi connectivity index (χ0n) is 10.2. The van der Waals surface area contributed by atoms with Crippen molar-refractivity contribution in [3.63, 3.8) is 0 Å². The van der Waals surface area contributed by atoms with Gasteiger partial charge in [0.15, 0.2) is 0 Å². The lowest BCUT2D eigenvalue weighted by atomic mass is 10.1. The van der Waals surface area contributed by atoms with Gasteiger partial charge in [-0.15, -0.1) is 0 Å². The molecule has 19 heavy (non-hydrogen) atoms. The molecular formula is C12H15F3N2O2. The molecule has 0 aliphatic rings. The van der Waals surface area contributed by atoms with E-state index in [4.69, 9.17) is 10.8 Å². The van der Waals surface area contributed by atoms with Gasteiger partial charge in [0.25, 0.3) is 0 Å². The van der Waals surface area contributed by atoms with Crippen LogP contribution in [0.25, 0.3) is 0 Å². The summed E-state index contributed by atoms with van der Waals surface area (Å²) in [6.45, 7) is -1.60. The fourth-order valence-electron chi connectivity index (χ4n) is 1.69. The average Bonchev–Trinajstić information content (AvgIpc) is 2.27. The van der Waals surface area contributed by atoms with Gasteiger partial charge < -0.3 is 10.8 Å². The first-order valence-electron chi connectivity index (χ1n) is 5.60. The fraction of sp³-hybridized carbons (Fsp3) is 0.417. The van der Waals surface area contributed by atoms with Gasteiger partial charge in [0.05, 0.1) is 13.2 Å². The van der Waals surface area contributed by atoms with E-state index in [1.54, 1.807) is 12.1 Å². The fourth-order valence-corrected chi connectivity index (χ4v) is 1.69. The van der Waals surface area contributed by atoms with E-state index in [1.807, 2.05) is 0 Å². The van der Waals surface area contributed by atoms with Gasteiger partial charge in [-0.2, -0.15) is 13.2 Å². The Morgan fingerprint density at radius 1 is 1.37 bits per heavy atom. The highest BCUT2D eigenvalue weighted by Crippen LogP contribution is 2.18. The molecule has 0 unspecified atom stereocenters. The highest BCUT2D eigenvalue weighted by Gasteiger charge is 2.30. The molecule has 0 saturated carbocycles. The summed E-state index contributed by atoms with van der Waals surface area (Å²) in [6, 6.07) is 6.10. The van der Waals surface area contributed by atoms with E-state index in [0.29, 0.717) is 5.56 Å². The molecule has 0 spiro atoms. The van der Waals surface area contributed by atoms with Crippen LogP contribution in [0.4, 0.5) is 13.2 Å². The second kappa shape index (κ2) is 6.53. The number of amides is 1. The highest BCUT2D eigenvalue weighted by molar-refractivity contribution is 5.92. The van der Waals surface area contributed by atoms with E-state index in [2.05, 4.69) is 0 Å². The Bertz CT molecular complexity index is 435. The Hall–Kier alpha value is -1.60. The van der Waals surface area contributed by atoms with Gasteiger partial charge in [0.1, 0.15) is 0 Å². The van der Waals surface area contributed by atoms with E-state index in [-0.39, 0.29) is 25.3 Å². The number of rotatable bonds is 6. The van der Waals surface area contributed by atoms with Crippen molar-refractivity contribution in [1.82, 2.24) is 4.90 Å². The number of hydrogen-bond donors (Lipinski definition) is 2. The third-order valence-electron chi connectivity index (χ3n) is 2.44. The highest BCUT2D eigenvalue weighted by atomic mass is 19.4. The van der Waals surface area contributed by atoms with Crippen LogP contribution in [-0.2, 0) is 6.54 Å². The molecule has 106 valence electrons. The largest absolute Gasteiger partial charge is 0.401 e. The summed E-state index contributed by atoms with van der Waals surface area (Å²) in [5.74, 6) is -0.633. The minimum atomic E-state index is -4.34. The number of primary amides is 1. The van der Waals surface area contributed by atoms with Crippen molar-refractivity contribution in [2.45, 2.75) is 12.7 Å². The predicted molar refractivity (Wildman–Crippen MR) is 63.4 cm³/mol. The lowest BCUT2D eigenvalue weighted by molar-refractivity contribution is -0.147. The molecular weight excluding hydrogens is 261 g/mol. The van der Waals surface area contributed by atoms with Crippen LogP contribution in [0.5, 0.6) is 0 Å². The van der Waals surface area contributed by atoms with Crippen LogP contribution in [0.15, 0.2) is 24.3 Å². The number of halogens is 3. The zero-order chi connectivity index (χ0) is 14.5. The molecule has 0 bridgehead atoms. The van der Waals surface area contributed by atoms with Crippen LogP contribution in [0.2, 0.25) is 0 Å². The molecule has 1 aromatic rings. The van der Waals surface area contributed by atoms with Gasteiger partial charge in [-0.05, 0) is 17.7 Å². The van der Waals surface area contributed by atoms with Crippen LogP contribution in [0.3, 0.4) is 0 Å². The van der Waals surface area contributed by atoms with E-state index >= 15 is 0 Å². The molecule has 0 saturated heterocycles. The Morgan fingerprint density at radius 2 is 2.05 bits per heavy atom. The normalized spacial score (nSPS) is 11.8. The number of benzene rings is 1. The predicted octanol–water partition coefficient (Wildman–Crippen LogP) is 1.14. The van der Waals surface area contributed by atoms with Crippen molar-refractivity contribution < 1.29 is 23.1 Å². The Balaban J connectivity index is 2.78. The average molecular weight is 276 g/mol. The van der Waals surface area contributed by atoms with Crippen LogP contribution < -0.4 is 5.73 Å². The number of carbonyl (C=O) groups is 1. The molecule has 0 heterocycles. The van der Waals surface area contributed by atoms with Gasteiger partial charge in [-0.1, -0.05) is 12.1 Å². The van der Waals surface area contributed by atoms with Gasteiger partial charge in [-0.25, -0.2) is 0 Å². The molecule has 0 aromatic heterocycles. The van der Waals surface area contributed by atoms with Gasteiger partial charge in [0.2, 0.25) is 5.91 Å². The van der Waals surface area contributed by atoms with Crippen molar-refractivity contribution in [1.29, 1.82) is 0 Å². The molecule has 1 rings (SSSR count). The van der Waals surface area contributed by atoms with Gasteiger partial charge in [0, 0.05) is 18.7 Å². The SMILES string of the molecule is NC(=O)c1cccc(CN(CCO)CC(F)(F)F)c1. The number of hydrogen-bond acceptors (Lipinski definition) is 3. The van der Waals surface area contributed by atoms with Crippen LogP contribution >= 0.6 is 0 Å². The number of aliphatic hydroxyl groups is 1. The summed E-state index contributed by atoms with van der Waals surface area (Å²) in [5, 5.41) is 8.77. The lowest BCUT2D eigenvalue weighted by Gasteiger charge is -2.22. The first-order chi connectivity index (χ1) is 8.81. The van der Waals surface area contributed by atoms with Crippen molar-refractivity contribution in [3.05, 3.63) is 35.4 Å². The molecule has 4 nitrogen and oxygen atoms in total. The summed E-state index contributed by atoms with van der Waals surface area (Å²) in [5.41, 5.74) is 5.88. The Kier molecular flexibility index (Phi) is 5.31.